The molecule has 0 saturated carbocycles. The summed E-state index contributed by atoms with van der Waals surface area (Å²) in [5.74, 6) is 0.879. The number of aromatic nitrogens is 2. The maximum Gasteiger partial charge on any atom is 0.144 e. The standard InChI is InChI=1S/C10H11N3/c1-2-4-9(5-3-1)6-12-10-7-11-8-13-10/h1-5,7-8,12H,6H2,(H,11,13). The number of hydrogen-bond acceptors (Lipinski definition) is 2. The number of aromatic amines is 1. The highest BCUT2D eigenvalue weighted by molar-refractivity contribution is 5.32. The van der Waals surface area contributed by atoms with Crippen LogP contribution in [0.3, 0.4) is 0 Å². The number of rotatable bonds is 3. The van der Waals surface area contributed by atoms with Crippen LogP contribution >= 0.6 is 0 Å². The zero-order valence-electron chi connectivity index (χ0n) is 7.20. The fourth-order valence-electron chi connectivity index (χ4n) is 1.15. The van der Waals surface area contributed by atoms with Crippen molar-refractivity contribution in [3.05, 3.63) is 48.4 Å². The Morgan fingerprint density at radius 3 is 2.77 bits per heavy atom. The van der Waals surface area contributed by atoms with Crippen molar-refractivity contribution in [1.82, 2.24) is 9.97 Å². The Labute approximate surface area is 76.8 Å². The van der Waals surface area contributed by atoms with Crippen molar-refractivity contribution in [2.75, 3.05) is 5.32 Å². The second kappa shape index (κ2) is 3.76. The molecule has 0 atom stereocenters. The first-order valence-corrected chi connectivity index (χ1v) is 4.22. The third kappa shape index (κ3) is 2.08. The molecule has 1 aromatic heterocycles. The van der Waals surface area contributed by atoms with Gasteiger partial charge in [-0.05, 0) is 5.56 Å². The predicted molar refractivity (Wildman–Crippen MR) is 52.4 cm³/mol. The molecule has 0 unspecified atom stereocenters. The van der Waals surface area contributed by atoms with Crippen LogP contribution in [0, 0.1) is 0 Å². The number of anilines is 1. The van der Waals surface area contributed by atoms with Gasteiger partial charge >= 0.3 is 0 Å². The summed E-state index contributed by atoms with van der Waals surface area (Å²) in [6.07, 6.45) is 3.50. The molecule has 0 aliphatic rings. The summed E-state index contributed by atoms with van der Waals surface area (Å²) in [4.78, 5) is 6.96. The maximum atomic E-state index is 4.06. The molecule has 0 aliphatic carbocycles. The van der Waals surface area contributed by atoms with E-state index in [1.165, 1.54) is 5.56 Å². The topological polar surface area (TPSA) is 40.7 Å². The molecule has 0 bridgehead atoms. The molecule has 1 heterocycles. The summed E-state index contributed by atoms with van der Waals surface area (Å²) in [7, 11) is 0. The molecule has 0 radical (unpaired) electrons. The Bertz CT molecular complexity index is 340. The Morgan fingerprint density at radius 1 is 1.23 bits per heavy atom. The molecular formula is C10H11N3. The first kappa shape index (κ1) is 7.86. The number of hydrogen-bond donors (Lipinski definition) is 2. The summed E-state index contributed by atoms with van der Waals surface area (Å²) in [5.41, 5.74) is 1.26. The van der Waals surface area contributed by atoms with E-state index in [0.717, 1.165) is 12.4 Å². The van der Waals surface area contributed by atoms with Crippen LogP contribution in [0.5, 0.6) is 0 Å². The van der Waals surface area contributed by atoms with Crippen LogP contribution in [0.2, 0.25) is 0 Å². The van der Waals surface area contributed by atoms with Crippen molar-refractivity contribution in [3.63, 3.8) is 0 Å². The molecule has 2 rings (SSSR count). The van der Waals surface area contributed by atoms with E-state index in [4.69, 9.17) is 0 Å². The number of H-pyrrole nitrogens is 1. The van der Waals surface area contributed by atoms with Crippen LogP contribution in [0.15, 0.2) is 42.9 Å². The lowest BCUT2D eigenvalue weighted by atomic mass is 10.2. The van der Waals surface area contributed by atoms with Gasteiger partial charge < -0.3 is 10.3 Å². The Hall–Kier alpha value is -1.77. The summed E-state index contributed by atoms with van der Waals surface area (Å²) < 4.78 is 0. The van der Waals surface area contributed by atoms with E-state index in [2.05, 4.69) is 27.4 Å². The largest absolute Gasteiger partial charge is 0.365 e. The van der Waals surface area contributed by atoms with Crippen molar-refractivity contribution in [2.24, 2.45) is 0 Å². The number of nitrogens with one attached hydrogen (secondary N) is 2. The molecule has 66 valence electrons. The molecule has 0 amide bonds. The fourth-order valence-corrected chi connectivity index (χ4v) is 1.15. The Morgan fingerprint density at radius 2 is 2.08 bits per heavy atom. The first-order chi connectivity index (χ1) is 6.45. The van der Waals surface area contributed by atoms with Gasteiger partial charge in [0.2, 0.25) is 0 Å². The van der Waals surface area contributed by atoms with Crippen LogP contribution in [0.25, 0.3) is 0 Å². The number of imidazole rings is 1. The molecule has 0 saturated heterocycles. The van der Waals surface area contributed by atoms with E-state index in [-0.39, 0.29) is 0 Å². The first-order valence-electron chi connectivity index (χ1n) is 4.22. The predicted octanol–water partition coefficient (Wildman–Crippen LogP) is 2.02. The molecule has 2 aromatic rings. The van der Waals surface area contributed by atoms with Gasteiger partial charge in [-0.3, -0.25) is 0 Å². The number of nitrogens with zero attached hydrogens (tertiary/aromatic N) is 1. The summed E-state index contributed by atoms with van der Waals surface area (Å²) in [6, 6.07) is 10.2. The molecule has 1 aromatic carbocycles. The lowest BCUT2D eigenvalue weighted by Gasteiger charge is -2.01. The molecule has 3 heteroatoms. The number of benzene rings is 1. The maximum absolute atomic E-state index is 4.06. The van der Waals surface area contributed by atoms with Crippen LogP contribution in [0.4, 0.5) is 5.82 Å². The van der Waals surface area contributed by atoms with Crippen molar-refractivity contribution in [3.8, 4) is 0 Å². The zero-order valence-corrected chi connectivity index (χ0v) is 7.20. The van der Waals surface area contributed by atoms with Crippen molar-refractivity contribution in [1.29, 1.82) is 0 Å². The lowest BCUT2D eigenvalue weighted by molar-refractivity contribution is 1.12. The van der Waals surface area contributed by atoms with Gasteiger partial charge in [-0.15, -0.1) is 0 Å². The quantitative estimate of drug-likeness (QED) is 0.745. The second-order valence-corrected chi connectivity index (χ2v) is 2.79. The van der Waals surface area contributed by atoms with Gasteiger partial charge in [0, 0.05) is 12.7 Å². The molecule has 13 heavy (non-hydrogen) atoms. The van der Waals surface area contributed by atoms with Gasteiger partial charge in [0.05, 0.1) is 6.33 Å². The van der Waals surface area contributed by atoms with Gasteiger partial charge in [-0.2, -0.15) is 0 Å². The molecule has 2 N–H and O–H groups in total. The minimum absolute atomic E-state index is 0.811. The fraction of sp³-hybridized carbons (Fsp3) is 0.100. The average molecular weight is 173 g/mol. The molecule has 0 fully saturated rings. The van der Waals surface area contributed by atoms with Crippen molar-refractivity contribution in [2.45, 2.75) is 6.54 Å². The van der Waals surface area contributed by atoms with E-state index >= 15 is 0 Å². The van der Waals surface area contributed by atoms with Crippen molar-refractivity contribution < 1.29 is 0 Å². The highest BCUT2D eigenvalue weighted by Gasteiger charge is 1.92. The summed E-state index contributed by atoms with van der Waals surface area (Å²) in [6.45, 7) is 0.811. The summed E-state index contributed by atoms with van der Waals surface area (Å²) >= 11 is 0. The van der Waals surface area contributed by atoms with Gasteiger partial charge in [0.25, 0.3) is 0 Å². The Balaban J connectivity index is 1.94. The van der Waals surface area contributed by atoms with Gasteiger partial charge in [0.15, 0.2) is 0 Å². The van der Waals surface area contributed by atoms with Gasteiger partial charge in [0.1, 0.15) is 5.82 Å². The molecular weight excluding hydrogens is 162 g/mol. The molecule has 3 nitrogen and oxygen atoms in total. The third-order valence-electron chi connectivity index (χ3n) is 1.81. The lowest BCUT2D eigenvalue weighted by Crippen LogP contribution is -1.98. The third-order valence-corrected chi connectivity index (χ3v) is 1.81. The normalized spacial score (nSPS) is 9.85. The average Bonchev–Trinajstić information content (AvgIpc) is 2.69. The molecule has 0 aliphatic heterocycles. The van der Waals surface area contributed by atoms with E-state index < -0.39 is 0 Å². The van der Waals surface area contributed by atoms with Crippen LogP contribution in [0.1, 0.15) is 5.56 Å². The summed E-state index contributed by atoms with van der Waals surface area (Å²) in [5, 5.41) is 3.20. The molecule has 0 spiro atoms. The van der Waals surface area contributed by atoms with E-state index in [9.17, 15) is 0 Å². The van der Waals surface area contributed by atoms with Gasteiger partial charge in [-0.1, -0.05) is 30.3 Å². The van der Waals surface area contributed by atoms with Gasteiger partial charge in [-0.25, -0.2) is 4.98 Å². The SMILES string of the molecule is c1ccc(CNc2c[nH]cn2)cc1. The monoisotopic (exact) mass is 173 g/mol. The van der Waals surface area contributed by atoms with Crippen LogP contribution in [-0.2, 0) is 6.54 Å². The van der Waals surface area contributed by atoms with Crippen molar-refractivity contribution >= 4 is 5.82 Å². The highest BCUT2D eigenvalue weighted by Crippen LogP contribution is 2.03. The smallest absolute Gasteiger partial charge is 0.144 e. The Kier molecular flexibility index (Phi) is 2.27. The van der Waals surface area contributed by atoms with E-state index in [1.807, 2.05) is 24.4 Å². The highest BCUT2D eigenvalue weighted by atomic mass is 15.0. The minimum atomic E-state index is 0.811. The van der Waals surface area contributed by atoms with Crippen LogP contribution < -0.4 is 5.32 Å². The zero-order chi connectivity index (χ0) is 8.93. The van der Waals surface area contributed by atoms with E-state index in [1.54, 1.807) is 6.33 Å². The van der Waals surface area contributed by atoms with E-state index in [0.29, 0.717) is 0 Å². The second-order valence-electron chi connectivity index (χ2n) is 2.79. The van der Waals surface area contributed by atoms with Crippen LogP contribution in [-0.4, -0.2) is 9.97 Å². The minimum Gasteiger partial charge on any atom is -0.365 e.